The van der Waals surface area contributed by atoms with Crippen LogP contribution < -0.4 is 5.32 Å². The minimum absolute atomic E-state index is 0.774. The van der Waals surface area contributed by atoms with Crippen LogP contribution in [0.15, 0.2) is 10.7 Å². The van der Waals surface area contributed by atoms with Crippen LogP contribution in [0.4, 0.5) is 0 Å². The van der Waals surface area contributed by atoms with Gasteiger partial charge in [-0.25, -0.2) is 0 Å². The molecule has 0 fully saturated rings. The van der Waals surface area contributed by atoms with Gasteiger partial charge in [0, 0.05) is 20.2 Å². The highest BCUT2D eigenvalue weighted by Crippen LogP contribution is 2.17. The van der Waals surface area contributed by atoms with Crippen LogP contribution in [0.1, 0.15) is 19.0 Å². The van der Waals surface area contributed by atoms with E-state index in [2.05, 4.69) is 33.3 Å². The van der Waals surface area contributed by atoms with Crippen molar-refractivity contribution >= 4 is 15.9 Å². The van der Waals surface area contributed by atoms with Gasteiger partial charge in [0.05, 0.1) is 23.0 Å². The molecule has 1 rings (SSSR count). The van der Waals surface area contributed by atoms with E-state index in [1.165, 1.54) is 5.69 Å². The molecule has 1 N–H and O–H groups in total. The zero-order valence-corrected chi connectivity index (χ0v) is 11.6. The molecule has 1 aromatic rings. The molecule has 1 aromatic heterocycles. The van der Waals surface area contributed by atoms with E-state index in [0.29, 0.717) is 0 Å². The lowest BCUT2D eigenvalue weighted by Crippen LogP contribution is -2.21. The highest BCUT2D eigenvalue weighted by Gasteiger charge is 2.06. The predicted molar refractivity (Wildman–Crippen MR) is 68.7 cm³/mol. The Morgan fingerprint density at radius 1 is 1.50 bits per heavy atom. The minimum atomic E-state index is 0.774. The fourth-order valence-corrected chi connectivity index (χ4v) is 2.08. The van der Waals surface area contributed by atoms with Gasteiger partial charge in [-0.05, 0) is 42.2 Å². The second-order valence-electron chi connectivity index (χ2n) is 3.60. The van der Waals surface area contributed by atoms with E-state index in [0.717, 1.165) is 43.6 Å². The Morgan fingerprint density at radius 2 is 2.31 bits per heavy atom. The van der Waals surface area contributed by atoms with Crippen LogP contribution in [0.3, 0.4) is 0 Å². The highest BCUT2D eigenvalue weighted by atomic mass is 79.9. The van der Waals surface area contributed by atoms with E-state index in [9.17, 15) is 0 Å². The van der Waals surface area contributed by atoms with Crippen molar-refractivity contribution in [1.82, 2.24) is 15.1 Å². The lowest BCUT2D eigenvalue weighted by Gasteiger charge is -2.06. The van der Waals surface area contributed by atoms with E-state index in [1.807, 2.05) is 10.9 Å². The molecule has 5 heteroatoms. The van der Waals surface area contributed by atoms with Crippen molar-refractivity contribution in [3.8, 4) is 0 Å². The van der Waals surface area contributed by atoms with Crippen molar-refractivity contribution in [3.63, 3.8) is 0 Å². The van der Waals surface area contributed by atoms with Crippen molar-refractivity contribution < 1.29 is 4.74 Å². The maximum absolute atomic E-state index is 4.97. The van der Waals surface area contributed by atoms with Crippen LogP contribution in [0.2, 0.25) is 0 Å². The number of hydrogen-bond donors (Lipinski definition) is 1. The third kappa shape index (κ3) is 4.23. The molecule has 1 heterocycles. The van der Waals surface area contributed by atoms with Crippen LogP contribution in [0.5, 0.6) is 0 Å². The van der Waals surface area contributed by atoms with Gasteiger partial charge in [0.1, 0.15) is 0 Å². The quantitative estimate of drug-likeness (QED) is 0.742. The monoisotopic (exact) mass is 289 g/mol. The van der Waals surface area contributed by atoms with Gasteiger partial charge in [0.25, 0.3) is 0 Å². The Balaban J connectivity index is 2.23. The topological polar surface area (TPSA) is 39.1 Å². The van der Waals surface area contributed by atoms with Crippen molar-refractivity contribution in [2.45, 2.75) is 26.3 Å². The molecule has 0 aliphatic rings. The first-order chi connectivity index (χ1) is 7.79. The van der Waals surface area contributed by atoms with Crippen LogP contribution in [-0.2, 0) is 17.7 Å². The molecule has 0 radical (unpaired) electrons. The second kappa shape index (κ2) is 7.81. The first kappa shape index (κ1) is 13.7. The number of hydrogen-bond acceptors (Lipinski definition) is 3. The van der Waals surface area contributed by atoms with Crippen molar-refractivity contribution in [1.29, 1.82) is 0 Å². The summed E-state index contributed by atoms with van der Waals surface area (Å²) in [4.78, 5) is 0. The number of nitrogens with zero attached hydrogens (tertiary/aromatic N) is 2. The Bertz CT molecular complexity index is 301. The normalized spacial score (nSPS) is 10.9. The highest BCUT2D eigenvalue weighted by molar-refractivity contribution is 9.10. The Kier molecular flexibility index (Phi) is 6.68. The molecule has 0 unspecified atom stereocenters. The predicted octanol–water partition coefficient (Wildman–Crippen LogP) is 1.83. The summed E-state index contributed by atoms with van der Waals surface area (Å²) in [7, 11) is 1.72. The molecule has 0 saturated heterocycles. The van der Waals surface area contributed by atoms with E-state index in [1.54, 1.807) is 7.11 Å². The molecule has 16 heavy (non-hydrogen) atoms. The Labute approximate surface area is 105 Å². The summed E-state index contributed by atoms with van der Waals surface area (Å²) in [5.74, 6) is 0. The largest absolute Gasteiger partial charge is 0.383 e. The van der Waals surface area contributed by atoms with Gasteiger partial charge in [0.15, 0.2) is 0 Å². The number of halogens is 1. The fraction of sp³-hybridized carbons (Fsp3) is 0.727. The van der Waals surface area contributed by atoms with Gasteiger partial charge in [-0.1, -0.05) is 0 Å². The molecule has 0 spiro atoms. The number of aryl methyl sites for hydroxylation is 1. The van der Waals surface area contributed by atoms with Gasteiger partial charge in [-0.15, -0.1) is 0 Å². The number of aromatic nitrogens is 2. The summed E-state index contributed by atoms with van der Waals surface area (Å²) in [6.07, 6.45) is 4.04. The molecule has 0 aliphatic heterocycles. The third-order valence-electron chi connectivity index (χ3n) is 2.45. The maximum Gasteiger partial charge on any atom is 0.0635 e. The first-order valence-electron chi connectivity index (χ1n) is 5.69. The van der Waals surface area contributed by atoms with Crippen LogP contribution in [0, 0.1) is 0 Å². The molecule has 0 aliphatic carbocycles. The van der Waals surface area contributed by atoms with Crippen LogP contribution >= 0.6 is 15.9 Å². The van der Waals surface area contributed by atoms with Gasteiger partial charge in [0.2, 0.25) is 0 Å². The second-order valence-corrected chi connectivity index (χ2v) is 4.46. The van der Waals surface area contributed by atoms with Gasteiger partial charge in [-0.2, -0.15) is 5.10 Å². The molecule has 0 atom stereocenters. The van der Waals surface area contributed by atoms with E-state index in [4.69, 9.17) is 4.74 Å². The maximum atomic E-state index is 4.97. The summed E-state index contributed by atoms with van der Waals surface area (Å²) in [5, 5.41) is 7.63. The first-order valence-corrected chi connectivity index (χ1v) is 6.48. The summed E-state index contributed by atoms with van der Waals surface area (Å²) < 4.78 is 8.12. The van der Waals surface area contributed by atoms with Crippen LogP contribution in [-0.4, -0.2) is 36.6 Å². The van der Waals surface area contributed by atoms with Gasteiger partial charge >= 0.3 is 0 Å². The number of ether oxygens (including phenoxy) is 1. The zero-order chi connectivity index (χ0) is 11.8. The molecule has 0 saturated carbocycles. The van der Waals surface area contributed by atoms with Gasteiger partial charge < -0.3 is 10.1 Å². The van der Waals surface area contributed by atoms with Crippen molar-refractivity contribution in [2.24, 2.45) is 0 Å². The summed E-state index contributed by atoms with van der Waals surface area (Å²) in [6, 6.07) is 0. The summed E-state index contributed by atoms with van der Waals surface area (Å²) in [5.41, 5.74) is 1.29. The third-order valence-corrected chi connectivity index (χ3v) is 3.11. The lowest BCUT2D eigenvalue weighted by molar-refractivity contribution is 0.199. The van der Waals surface area contributed by atoms with E-state index >= 15 is 0 Å². The number of methoxy groups -OCH3 is 1. The van der Waals surface area contributed by atoms with Gasteiger partial charge in [-0.3, -0.25) is 4.68 Å². The van der Waals surface area contributed by atoms with E-state index < -0.39 is 0 Å². The standard InChI is InChI=1S/C11H20BrN3O/c1-3-15-11(10(12)9-14-15)5-4-6-13-7-8-16-2/h9,13H,3-8H2,1-2H3. The molecule has 0 aromatic carbocycles. The molecular formula is C11H20BrN3O. The number of rotatable bonds is 8. The molecule has 0 bridgehead atoms. The average Bonchev–Trinajstić information content (AvgIpc) is 2.65. The Hall–Kier alpha value is -0.390. The number of nitrogens with one attached hydrogen (secondary N) is 1. The Morgan fingerprint density at radius 3 is 3.00 bits per heavy atom. The van der Waals surface area contributed by atoms with Crippen LogP contribution in [0.25, 0.3) is 0 Å². The van der Waals surface area contributed by atoms with Crippen molar-refractivity contribution in [2.75, 3.05) is 26.8 Å². The molecule has 0 amide bonds. The molecular weight excluding hydrogens is 270 g/mol. The van der Waals surface area contributed by atoms with Crippen molar-refractivity contribution in [3.05, 3.63) is 16.4 Å². The molecule has 4 nitrogen and oxygen atoms in total. The SMILES string of the molecule is CCn1ncc(Br)c1CCCNCCOC. The van der Waals surface area contributed by atoms with E-state index in [-0.39, 0.29) is 0 Å². The summed E-state index contributed by atoms with van der Waals surface area (Å²) >= 11 is 3.53. The summed E-state index contributed by atoms with van der Waals surface area (Å²) in [6.45, 7) is 5.75. The smallest absolute Gasteiger partial charge is 0.0635 e. The average molecular weight is 290 g/mol. The lowest BCUT2D eigenvalue weighted by atomic mass is 10.2. The zero-order valence-electron chi connectivity index (χ0n) is 10.0. The fourth-order valence-electron chi connectivity index (χ4n) is 1.59. The molecule has 92 valence electrons. The minimum Gasteiger partial charge on any atom is -0.383 e.